The summed E-state index contributed by atoms with van der Waals surface area (Å²) < 4.78 is 7.33. The number of H-pyrrole nitrogens is 1. The maximum atomic E-state index is 13.0. The molecule has 2 aromatic heterocycles. The maximum Gasteiger partial charge on any atom is 0.264 e. The quantitative estimate of drug-likeness (QED) is 0.460. The highest BCUT2D eigenvalue weighted by Crippen LogP contribution is 2.27. The molecule has 1 aliphatic heterocycles. The summed E-state index contributed by atoms with van der Waals surface area (Å²) >= 11 is 0. The molecule has 0 aliphatic carbocycles. The van der Waals surface area contributed by atoms with Gasteiger partial charge in [0.15, 0.2) is 5.65 Å². The van der Waals surface area contributed by atoms with Crippen LogP contribution in [0.2, 0.25) is 0 Å². The first-order valence-corrected chi connectivity index (χ1v) is 11.6. The lowest BCUT2D eigenvalue weighted by Gasteiger charge is -2.38. The zero-order valence-corrected chi connectivity index (χ0v) is 19.7. The van der Waals surface area contributed by atoms with Crippen molar-refractivity contribution in [3.8, 4) is 11.5 Å². The fourth-order valence-corrected chi connectivity index (χ4v) is 4.39. The highest BCUT2D eigenvalue weighted by Gasteiger charge is 2.35. The van der Waals surface area contributed by atoms with E-state index in [1.54, 1.807) is 36.1 Å². The largest absolute Gasteiger partial charge is 0.457 e. The number of carbonyl (C=O) groups excluding carboxylic acids is 1. The number of hydrogen-bond acceptors (Lipinski definition) is 6. The molecule has 2 aromatic carbocycles. The molecular formula is C26H27N5O4. The van der Waals surface area contributed by atoms with Crippen molar-refractivity contribution in [1.29, 1.82) is 0 Å². The molecule has 0 radical (unpaired) electrons. The van der Waals surface area contributed by atoms with E-state index in [4.69, 9.17) is 4.74 Å². The Morgan fingerprint density at radius 1 is 1.06 bits per heavy atom. The molecule has 1 amide bonds. The number of aromatic nitrogens is 4. The van der Waals surface area contributed by atoms with E-state index in [0.29, 0.717) is 54.1 Å². The number of carbonyl (C=O) groups is 1. The lowest BCUT2D eigenvalue weighted by molar-refractivity contribution is -0.0303. The number of hydrogen-bond donors (Lipinski definition) is 2. The van der Waals surface area contributed by atoms with E-state index in [-0.39, 0.29) is 18.0 Å². The summed E-state index contributed by atoms with van der Waals surface area (Å²) in [4.78, 5) is 32.0. The molecule has 1 saturated heterocycles. The van der Waals surface area contributed by atoms with Crippen molar-refractivity contribution < 1.29 is 14.6 Å². The second-order valence-electron chi connectivity index (χ2n) is 9.14. The van der Waals surface area contributed by atoms with Crippen molar-refractivity contribution in [3.05, 3.63) is 82.0 Å². The molecular weight excluding hydrogens is 446 g/mol. The van der Waals surface area contributed by atoms with Crippen molar-refractivity contribution in [2.75, 3.05) is 13.1 Å². The van der Waals surface area contributed by atoms with Gasteiger partial charge in [0.1, 0.15) is 22.7 Å². The number of fused-ring (bicyclic) bond motifs is 1. The Kier molecular flexibility index (Phi) is 5.86. The van der Waals surface area contributed by atoms with E-state index < -0.39 is 5.60 Å². The Morgan fingerprint density at radius 2 is 1.69 bits per heavy atom. The molecule has 35 heavy (non-hydrogen) atoms. The monoisotopic (exact) mass is 473 g/mol. The maximum absolute atomic E-state index is 13.0. The molecule has 0 bridgehead atoms. The first-order valence-electron chi connectivity index (χ1n) is 11.6. The van der Waals surface area contributed by atoms with E-state index in [0.717, 1.165) is 11.3 Å². The minimum Gasteiger partial charge on any atom is -0.457 e. The molecule has 2 N–H and O–H groups in total. The first-order chi connectivity index (χ1) is 16.8. The van der Waals surface area contributed by atoms with Crippen LogP contribution in [-0.4, -0.2) is 54.4 Å². The van der Waals surface area contributed by atoms with E-state index >= 15 is 0 Å². The second kappa shape index (κ2) is 8.99. The molecule has 0 saturated carbocycles. The van der Waals surface area contributed by atoms with Crippen molar-refractivity contribution in [3.63, 3.8) is 0 Å². The van der Waals surface area contributed by atoms with Crippen LogP contribution >= 0.6 is 0 Å². The third kappa shape index (κ3) is 4.67. The van der Waals surface area contributed by atoms with Crippen LogP contribution in [0.5, 0.6) is 11.5 Å². The highest BCUT2D eigenvalue weighted by atomic mass is 16.5. The van der Waals surface area contributed by atoms with Crippen LogP contribution in [-0.2, 0) is 6.54 Å². The summed E-state index contributed by atoms with van der Waals surface area (Å²) in [7, 11) is 0. The van der Waals surface area contributed by atoms with Gasteiger partial charge in [0, 0.05) is 18.7 Å². The van der Waals surface area contributed by atoms with E-state index in [1.165, 1.54) is 10.8 Å². The molecule has 5 rings (SSSR count). The summed E-state index contributed by atoms with van der Waals surface area (Å²) in [6, 6.07) is 14.8. The van der Waals surface area contributed by atoms with Crippen molar-refractivity contribution in [1.82, 2.24) is 24.6 Å². The number of piperidine rings is 1. The SMILES string of the molecule is Cc1ccc(Oc2ccc(C(=O)N3CCC(O)(Cn4c(C)nc5[nH]ncc5c4=O)CC3)cc2)cc1. The summed E-state index contributed by atoms with van der Waals surface area (Å²) in [6.07, 6.45) is 2.17. The number of aromatic amines is 1. The summed E-state index contributed by atoms with van der Waals surface area (Å²) in [5.41, 5.74) is 0.821. The van der Waals surface area contributed by atoms with Crippen LogP contribution in [0, 0.1) is 13.8 Å². The molecule has 0 atom stereocenters. The van der Waals surface area contributed by atoms with Gasteiger partial charge in [-0.05, 0) is 63.1 Å². The average Bonchev–Trinajstić information content (AvgIpc) is 3.32. The van der Waals surface area contributed by atoms with Gasteiger partial charge in [0.25, 0.3) is 11.5 Å². The molecule has 3 heterocycles. The predicted molar refractivity (Wildman–Crippen MR) is 131 cm³/mol. The Hall–Kier alpha value is -3.98. The Morgan fingerprint density at radius 3 is 2.34 bits per heavy atom. The fraction of sp³-hybridized carbons (Fsp3) is 0.308. The average molecular weight is 474 g/mol. The molecule has 180 valence electrons. The van der Waals surface area contributed by atoms with Crippen LogP contribution in [0.1, 0.15) is 34.6 Å². The number of aryl methyl sites for hydroxylation is 2. The number of benzene rings is 2. The number of nitrogens with zero attached hydrogens (tertiary/aromatic N) is 4. The number of rotatable bonds is 5. The van der Waals surface area contributed by atoms with Gasteiger partial charge in [-0.2, -0.15) is 5.10 Å². The van der Waals surface area contributed by atoms with Crippen LogP contribution in [0.3, 0.4) is 0 Å². The number of nitrogens with one attached hydrogen (secondary N) is 1. The number of likely N-dealkylation sites (tertiary alicyclic amines) is 1. The lowest BCUT2D eigenvalue weighted by Crippen LogP contribution is -2.50. The highest BCUT2D eigenvalue weighted by molar-refractivity contribution is 5.94. The minimum absolute atomic E-state index is 0.0937. The van der Waals surface area contributed by atoms with Crippen LogP contribution < -0.4 is 10.3 Å². The van der Waals surface area contributed by atoms with Gasteiger partial charge in [-0.1, -0.05) is 17.7 Å². The van der Waals surface area contributed by atoms with Gasteiger partial charge in [-0.15, -0.1) is 0 Å². The number of ether oxygens (including phenoxy) is 1. The molecule has 0 spiro atoms. The van der Waals surface area contributed by atoms with Crippen molar-refractivity contribution in [2.45, 2.75) is 38.8 Å². The number of aliphatic hydroxyl groups is 1. The third-order valence-electron chi connectivity index (χ3n) is 6.55. The standard InChI is InChI=1S/C26H27N5O4/c1-17-3-7-20(8-4-17)35-21-9-5-19(6-10-21)24(32)30-13-11-26(34,12-14-30)16-31-18(2)28-23-22(25(31)33)15-27-29-23/h3-10,15,34H,11-14,16H2,1-2H3,(H,27,29). The summed E-state index contributed by atoms with van der Waals surface area (Å²) in [5, 5.41) is 18.2. The Balaban J connectivity index is 1.22. The van der Waals surface area contributed by atoms with Crippen LogP contribution in [0.15, 0.2) is 59.5 Å². The minimum atomic E-state index is -1.10. The van der Waals surface area contributed by atoms with Gasteiger partial charge < -0.3 is 14.7 Å². The van der Waals surface area contributed by atoms with Gasteiger partial charge in [0.05, 0.1) is 18.3 Å². The van der Waals surface area contributed by atoms with Gasteiger partial charge in [0.2, 0.25) is 0 Å². The van der Waals surface area contributed by atoms with Crippen LogP contribution in [0.25, 0.3) is 11.0 Å². The molecule has 1 aliphatic rings. The normalized spacial score (nSPS) is 15.3. The molecule has 1 fully saturated rings. The lowest BCUT2D eigenvalue weighted by atomic mass is 9.90. The third-order valence-corrected chi connectivity index (χ3v) is 6.55. The Labute approximate surface area is 202 Å². The molecule has 9 heteroatoms. The summed E-state index contributed by atoms with van der Waals surface area (Å²) in [6.45, 7) is 4.66. The van der Waals surface area contributed by atoms with Crippen LogP contribution in [0.4, 0.5) is 0 Å². The van der Waals surface area contributed by atoms with E-state index in [9.17, 15) is 14.7 Å². The van der Waals surface area contributed by atoms with E-state index in [2.05, 4.69) is 15.2 Å². The fourth-order valence-electron chi connectivity index (χ4n) is 4.39. The van der Waals surface area contributed by atoms with Gasteiger partial charge in [-0.3, -0.25) is 19.3 Å². The topological polar surface area (TPSA) is 113 Å². The predicted octanol–water partition coefficient (Wildman–Crippen LogP) is 3.20. The number of amides is 1. The first kappa shape index (κ1) is 22.8. The molecule has 0 unspecified atom stereocenters. The smallest absolute Gasteiger partial charge is 0.264 e. The van der Waals surface area contributed by atoms with Gasteiger partial charge in [-0.25, -0.2) is 4.98 Å². The molecule has 9 nitrogen and oxygen atoms in total. The van der Waals surface area contributed by atoms with Crippen molar-refractivity contribution >= 4 is 16.9 Å². The zero-order valence-electron chi connectivity index (χ0n) is 19.7. The zero-order chi connectivity index (χ0) is 24.6. The van der Waals surface area contributed by atoms with Gasteiger partial charge >= 0.3 is 0 Å². The Bertz CT molecular complexity index is 1420. The molecule has 4 aromatic rings. The van der Waals surface area contributed by atoms with Crippen molar-refractivity contribution in [2.24, 2.45) is 0 Å². The van der Waals surface area contributed by atoms with E-state index in [1.807, 2.05) is 31.2 Å². The summed E-state index contributed by atoms with van der Waals surface area (Å²) in [5.74, 6) is 1.80. The second-order valence-corrected chi connectivity index (χ2v) is 9.14.